The minimum atomic E-state index is -0.741. The van der Waals surface area contributed by atoms with Crippen LogP contribution in [0.25, 0.3) is 11.0 Å². The summed E-state index contributed by atoms with van der Waals surface area (Å²) in [5.41, 5.74) is 6.54. The first-order valence-corrected chi connectivity index (χ1v) is 10.2. The molecule has 31 heavy (non-hydrogen) atoms. The van der Waals surface area contributed by atoms with Crippen LogP contribution in [-0.4, -0.2) is 19.6 Å². The van der Waals surface area contributed by atoms with Gasteiger partial charge >= 0.3 is 5.63 Å². The predicted molar refractivity (Wildman–Crippen MR) is 119 cm³/mol. The average Bonchev–Trinajstić information content (AvgIpc) is 3.55. The van der Waals surface area contributed by atoms with Gasteiger partial charge in [-0.25, -0.2) is 4.79 Å². The van der Waals surface area contributed by atoms with Gasteiger partial charge in [-0.3, -0.25) is 4.79 Å². The van der Waals surface area contributed by atoms with Gasteiger partial charge in [-0.2, -0.15) is 0 Å². The zero-order valence-electron chi connectivity index (χ0n) is 17.9. The molecule has 1 fully saturated rings. The Morgan fingerprint density at radius 3 is 2.52 bits per heavy atom. The summed E-state index contributed by atoms with van der Waals surface area (Å²) in [6.07, 6.45) is 2.26. The molecule has 0 aliphatic heterocycles. The maximum absolute atomic E-state index is 12.7. The molecule has 0 unspecified atom stereocenters. The Morgan fingerprint density at radius 2 is 1.90 bits per heavy atom. The Bertz CT molecular complexity index is 1170. The van der Waals surface area contributed by atoms with Crippen LogP contribution in [-0.2, 0) is 5.54 Å². The van der Waals surface area contributed by atoms with E-state index in [9.17, 15) is 9.59 Å². The Hall–Kier alpha value is -3.32. The molecule has 162 valence electrons. The number of nitrogens with two attached hydrogens (primary N) is 1. The molecule has 0 bridgehead atoms. The van der Waals surface area contributed by atoms with Crippen LogP contribution >= 0.6 is 0 Å². The maximum Gasteiger partial charge on any atom is 0.349 e. The number of hydrogen-bond acceptors (Lipinski definition) is 6. The minimum Gasteiger partial charge on any atom is -0.493 e. The number of carbonyl (C=O) groups excluding carboxylic acids is 1. The maximum atomic E-state index is 12.7. The molecule has 0 saturated heterocycles. The minimum absolute atomic E-state index is 0.0889. The van der Waals surface area contributed by atoms with E-state index in [-0.39, 0.29) is 11.1 Å². The number of methoxy groups -OCH3 is 1. The SMILES string of the molecule is COc1ccc2cc(C(=O)Nc3ccc(C(C)(C)N)cc3)c(=O)oc2c1OCC1CC1. The molecule has 0 atom stereocenters. The predicted octanol–water partition coefficient (Wildman–Crippen LogP) is 4.04. The van der Waals surface area contributed by atoms with Crippen molar-refractivity contribution in [1.29, 1.82) is 0 Å². The number of amides is 1. The molecule has 0 spiro atoms. The number of benzene rings is 2. The number of rotatable bonds is 7. The summed E-state index contributed by atoms with van der Waals surface area (Å²) in [6, 6.07) is 12.2. The molecule has 7 nitrogen and oxygen atoms in total. The van der Waals surface area contributed by atoms with E-state index in [4.69, 9.17) is 19.6 Å². The van der Waals surface area contributed by atoms with Crippen LogP contribution in [0.2, 0.25) is 0 Å². The standard InChI is InChI=1S/C24H26N2O5/c1-24(2,25)16-7-9-17(10-8-16)26-22(27)18-12-15-6-11-19(29-3)21(20(15)31-23(18)28)30-13-14-4-5-14/h6-12,14H,4-5,13,25H2,1-3H3,(H,26,27). The summed E-state index contributed by atoms with van der Waals surface area (Å²) in [4.78, 5) is 25.4. The van der Waals surface area contributed by atoms with E-state index in [0.717, 1.165) is 18.4 Å². The molecule has 1 saturated carbocycles. The lowest BCUT2D eigenvalue weighted by Crippen LogP contribution is -2.28. The Kier molecular flexibility index (Phi) is 5.45. The molecule has 4 rings (SSSR count). The summed E-state index contributed by atoms with van der Waals surface area (Å²) in [5, 5.41) is 3.31. The monoisotopic (exact) mass is 422 g/mol. The lowest BCUT2D eigenvalue weighted by atomic mass is 9.95. The molecule has 7 heteroatoms. The van der Waals surface area contributed by atoms with Crippen LogP contribution in [0.1, 0.15) is 42.6 Å². The first-order chi connectivity index (χ1) is 14.8. The average molecular weight is 422 g/mol. The van der Waals surface area contributed by atoms with Gasteiger partial charge in [-0.15, -0.1) is 0 Å². The van der Waals surface area contributed by atoms with Crippen molar-refractivity contribution in [2.45, 2.75) is 32.2 Å². The molecule has 1 aromatic heterocycles. The summed E-state index contributed by atoms with van der Waals surface area (Å²) in [5.74, 6) is 0.840. The second-order valence-electron chi connectivity index (χ2n) is 8.47. The number of hydrogen-bond donors (Lipinski definition) is 2. The third-order valence-corrected chi connectivity index (χ3v) is 5.33. The highest BCUT2D eigenvalue weighted by molar-refractivity contribution is 6.05. The van der Waals surface area contributed by atoms with E-state index in [1.165, 1.54) is 13.2 Å². The second-order valence-corrected chi connectivity index (χ2v) is 8.47. The normalized spacial score (nSPS) is 13.8. The van der Waals surface area contributed by atoms with Crippen molar-refractivity contribution in [1.82, 2.24) is 0 Å². The number of anilines is 1. The highest BCUT2D eigenvalue weighted by Gasteiger charge is 2.24. The quantitative estimate of drug-likeness (QED) is 0.557. The molecule has 1 aliphatic carbocycles. The second kappa shape index (κ2) is 8.07. The third kappa shape index (κ3) is 4.56. The zero-order chi connectivity index (χ0) is 22.2. The number of carbonyl (C=O) groups is 1. The fourth-order valence-corrected chi connectivity index (χ4v) is 3.26. The van der Waals surface area contributed by atoms with Gasteiger partial charge in [0.2, 0.25) is 5.75 Å². The summed E-state index contributed by atoms with van der Waals surface area (Å²) >= 11 is 0. The van der Waals surface area contributed by atoms with Gasteiger partial charge in [0.25, 0.3) is 5.91 Å². The first-order valence-electron chi connectivity index (χ1n) is 10.2. The Labute approximate surface area is 180 Å². The number of fused-ring (bicyclic) bond motifs is 1. The Balaban J connectivity index is 1.62. The van der Waals surface area contributed by atoms with E-state index in [1.54, 1.807) is 24.3 Å². The van der Waals surface area contributed by atoms with Crippen LogP contribution in [0.15, 0.2) is 51.7 Å². The molecule has 1 aliphatic rings. The zero-order valence-corrected chi connectivity index (χ0v) is 17.9. The third-order valence-electron chi connectivity index (χ3n) is 5.33. The van der Waals surface area contributed by atoms with Crippen molar-refractivity contribution in [3.63, 3.8) is 0 Å². The molecular formula is C24H26N2O5. The number of nitrogens with one attached hydrogen (secondary N) is 1. The smallest absolute Gasteiger partial charge is 0.349 e. The highest BCUT2D eigenvalue weighted by Crippen LogP contribution is 2.37. The molecule has 1 amide bonds. The van der Waals surface area contributed by atoms with Crippen molar-refractivity contribution in [2.75, 3.05) is 19.0 Å². The molecule has 3 N–H and O–H groups in total. The molecule has 0 radical (unpaired) electrons. The molecule has 2 aromatic carbocycles. The number of ether oxygens (including phenoxy) is 2. The van der Waals surface area contributed by atoms with Gasteiger partial charge in [0, 0.05) is 16.6 Å². The van der Waals surface area contributed by atoms with Crippen LogP contribution in [0, 0.1) is 5.92 Å². The van der Waals surface area contributed by atoms with E-state index in [2.05, 4.69) is 5.32 Å². The van der Waals surface area contributed by atoms with Crippen LogP contribution < -0.4 is 26.1 Å². The van der Waals surface area contributed by atoms with Gasteiger partial charge in [0.15, 0.2) is 11.3 Å². The van der Waals surface area contributed by atoms with Gasteiger partial charge in [-0.1, -0.05) is 12.1 Å². The fraction of sp³-hybridized carbons (Fsp3) is 0.333. The van der Waals surface area contributed by atoms with Gasteiger partial charge < -0.3 is 24.9 Å². The lowest BCUT2D eigenvalue weighted by Gasteiger charge is -2.19. The Morgan fingerprint density at radius 1 is 1.19 bits per heavy atom. The van der Waals surface area contributed by atoms with Crippen molar-refractivity contribution < 1.29 is 18.7 Å². The largest absolute Gasteiger partial charge is 0.493 e. The van der Waals surface area contributed by atoms with Crippen LogP contribution in [0.5, 0.6) is 11.5 Å². The summed E-state index contributed by atoms with van der Waals surface area (Å²) < 4.78 is 16.8. The van der Waals surface area contributed by atoms with Crippen molar-refractivity contribution in [2.24, 2.45) is 11.7 Å². The van der Waals surface area contributed by atoms with E-state index in [1.807, 2.05) is 26.0 Å². The van der Waals surface area contributed by atoms with Crippen molar-refractivity contribution >= 4 is 22.6 Å². The van der Waals surface area contributed by atoms with Gasteiger partial charge in [-0.05, 0) is 68.5 Å². The molecule has 1 heterocycles. The highest BCUT2D eigenvalue weighted by atomic mass is 16.5. The van der Waals surface area contributed by atoms with Crippen LogP contribution in [0.3, 0.4) is 0 Å². The van der Waals surface area contributed by atoms with Gasteiger partial charge in [0.05, 0.1) is 13.7 Å². The van der Waals surface area contributed by atoms with Crippen molar-refractivity contribution in [3.8, 4) is 11.5 Å². The summed E-state index contributed by atoms with van der Waals surface area (Å²) in [7, 11) is 1.53. The van der Waals surface area contributed by atoms with E-state index >= 15 is 0 Å². The lowest BCUT2D eigenvalue weighted by molar-refractivity contribution is 0.102. The molecular weight excluding hydrogens is 396 g/mol. The summed E-state index contributed by atoms with van der Waals surface area (Å²) in [6.45, 7) is 4.34. The van der Waals surface area contributed by atoms with Gasteiger partial charge in [0.1, 0.15) is 5.56 Å². The first kappa shape index (κ1) is 20.9. The molecule has 3 aromatic rings. The fourth-order valence-electron chi connectivity index (χ4n) is 3.26. The van der Waals surface area contributed by atoms with E-state index < -0.39 is 17.1 Å². The van der Waals surface area contributed by atoms with Crippen LogP contribution in [0.4, 0.5) is 5.69 Å². The topological polar surface area (TPSA) is 104 Å². The van der Waals surface area contributed by atoms with E-state index in [0.29, 0.717) is 35.1 Å². The van der Waals surface area contributed by atoms with Crippen molar-refractivity contribution in [3.05, 3.63) is 64.0 Å².